The molecular formula is C13H23F2NO2. The maximum atomic E-state index is 11.9. The number of ether oxygens (including phenoxy) is 2. The van der Waals surface area contributed by atoms with E-state index in [1.165, 1.54) is 25.7 Å². The van der Waals surface area contributed by atoms with Crippen molar-refractivity contribution in [3.05, 3.63) is 0 Å². The number of alkyl halides is 2. The Morgan fingerprint density at radius 2 is 2.11 bits per heavy atom. The first-order chi connectivity index (χ1) is 8.70. The molecule has 1 saturated heterocycles. The van der Waals surface area contributed by atoms with Gasteiger partial charge in [0.05, 0.1) is 12.2 Å². The summed E-state index contributed by atoms with van der Waals surface area (Å²) in [5.41, 5.74) is 0.111. The highest BCUT2D eigenvalue weighted by Gasteiger charge is 2.39. The van der Waals surface area contributed by atoms with Crippen molar-refractivity contribution >= 4 is 0 Å². The minimum Gasteiger partial charge on any atom is -0.375 e. The normalized spacial score (nSPS) is 27.2. The zero-order valence-electron chi connectivity index (χ0n) is 10.8. The number of nitrogens with one attached hydrogen (secondary N) is 1. The third-order valence-corrected chi connectivity index (χ3v) is 3.93. The van der Waals surface area contributed by atoms with Gasteiger partial charge in [-0.05, 0) is 25.7 Å². The van der Waals surface area contributed by atoms with Gasteiger partial charge in [-0.2, -0.15) is 0 Å². The molecule has 2 fully saturated rings. The molecule has 106 valence electrons. The summed E-state index contributed by atoms with van der Waals surface area (Å²) in [6.45, 7) is 1.36. The van der Waals surface area contributed by atoms with Crippen LogP contribution in [-0.2, 0) is 9.47 Å². The van der Waals surface area contributed by atoms with E-state index in [9.17, 15) is 8.78 Å². The minimum absolute atomic E-state index is 0.111. The van der Waals surface area contributed by atoms with E-state index < -0.39 is 13.0 Å². The zero-order valence-corrected chi connectivity index (χ0v) is 10.8. The van der Waals surface area contributed by atoms with Crippen molar-refractivity contribution < 1.29 is 18.3 Å². The monoisotopic (exact) mass is 263 g/mol. The van der Waals surface area contributed by atoms with Crippen LogP contribution in [0.1, 0.15) is 38.5 Å². The predicted molar refractivity (Wildman–Crippen MR) is 65.0 cm³/mol. The van der Waals surface area contributed by atoms with E-state index >= 15 is 0 Å². The van der Waals surface area contributed by atoms with Gasteiger partial charge in [0.2, 0.25) is 0 Å². The first kappa shape index (κ1) is 14.2. The maximum Gasteiger partial charge on any atom is 0.261 e. The first-order valence-corrected chi connectivity index (χ1v) is 6.93. The highest BCUT2D eigenvalue weighted by molar-refractivity contribution is 4.93. The summed E-state index contributed by atoms with van der Waals surface area (Å²) in [5.74, 6) is 0. The van der Waals surface area contributed by atoms with Crippen LogP contribution in [0.4, 0.5) is 8.78 Å². The lowest BCUT2D eigenvalue weighted by molar-refractivity contribution is -0.0842. The first-order valence-electron chi connectivity index (χ1n) is 6.93. The third-order valence-electron chi connectivity index (χ3n) is 3.93. The predicted octanol–water partition coefficient (Wildman–Crippen LogP) is 2.35. The summed E-state index contributed by atoms with van der Waals surface area (Å²) in [6, 6.07) is 0.451. The van der Waals surface area contributed by atoms with Crippen LogP contribution in [0.5, 0.6) is 0 Å². The van der Waals surface area contributed by atoms with E-state index in [1.807, 2.05) is 0 Å². The molecule has 0 aromatic heterocycles. The number of rotatable bonds is 6. The third kappa shape index (κ3) is 4.14. The van der Waals surface area contributed by atoms with Crippen LogP contribution >= 0.6 is 0 Å². The molecule has 1 unspecified atom stereocenters. The molecule has 1 saturated carbocycles. The van der Waals surface area contributed by atoms with Gasteiger partial charge in [-0.1, -0.05) is 12.8 Å². The summed E-state index contributed by atoms with van der Waals surface area (Å²) in [5, 5.41) is 3.40. The molecule has 1 aliphatic heterocycles. The Balaban J connectivity index is 1.61. The van der Waals surface area contributed by atoms with Crippen LogP contribution in [0, 0.1) is 0 Å². The van der Waals surface area contributed by atoms with Crippen molar-refractivity contribution in [1.82, 2.24) is 5.32 Å². The molecular weight excluding hydrogens is 240 g/mol. The van der Waals surface area contributed by atoms with Gasteiger partial charge in [0.1, 0.15) is 6.61 Å². The van der Waals surface area contributed by atoms with Gasteiger partial charge < -0.3 is 14.8 Å². The highest BCUT2D eigenvalue weighted by Crippen LogP contribution is 2.39. The molecule has 0 radical (unpaired) electrons. The Kier molecular flexibility index (Phi) is 5.33. The standard InChI is InChI=1S/C13H23F2NO2/c14-12(15)10-17-8-6-16-11-3-7-18-13(9-11)4-1-2-5-13/h11-12,16H,1-10H2. The van der Waals surface area contributed by atoms with Crippen LogP contribution in [0.2, 0.25) is 0 Å². The molecule has 1 aliphatic carbocycles. The van der Waals surface area contributed by atoms with E-state index in [1.54, 1.807) is 0 Å². The molecule has 0 bridgehead atoms. The van der Waals surface area contributed by atoms with Gasteiger partial charge >= 0.3 is 0 Å². The molecule has 3 nitrogen and oxygen atoms in total. The van der Waals surface area contributed by atoms with Gasteiger partial charge in [0.25, 0.3) is 6.43 Å². The number of hydrogen-bond acceptors (Lipinski definition) is 3. The molecule has 0 amide bonds. The summed E-state index contributed by atoms with van der Waals surface area (Å²) < 4.78 is 34.5. The maximum absolute atomic E-state index is 11.9. The summed E-state index contributed by atoms with van der Waals surface area (Å²) in [7, 11) is 0. The molecule has 1 N–H and O–H groups in total. The second-order valence-corrected chi connectivity index (χ2v) is 5.35. The van der Waals surface area contributed by atoms with Crippen LogP contribution in [0.3, 0.4) is 0 Å². The molecule has 0 aromatic carbocycles. The summed E-state index contributed by atoms with van der Waals surface area (Å²) in [6.07, 6.45) is 4.59. The lowest BCUT2D eigenvalue weighted by Gasteiger charge is -2.38. The quantitative estimate of drug-likeness (QED) is 0.746. The van der Waals surface area contributed by atoms with E-state index in [2.05, 4.69) is 5.32 Å². The average molecular weight is 263 g/mol. The van der Waals surface area contributed by atoms with Crippen molar-refractivity contribution in [2.24, 2.45) is 0 Å². The van der Waals surface area contributed by atoms with Crippen molar-refractivity contribution in [1.29, 1.82) is 0 Å². The second-order valence-electron chi connectivity index (χ2n) is 5.35. The second kappa shape index (κ2) is 6.78. The summed E-state index contributed by atoms with van der Waals surface area (Å²) in [4.78, 5) is 0. The van der Waals surface area contributed by atoms with Crippen LogP contribution < -0.4 is 5.32 Å². The SMILES string of the molecule is FC(F)COCCNC1CCOC2(CCCC2)C1. The molecule has 1 atom stereocenters. The molecule has 0 aromatic rings. The van der Waals surface area contributed by atoms with Crippen molar-refractivity contribution in [2.75, 3.05) is 26.4 Å². The van der Waals surface area contributed by atoms with Crippen molar-refractivity contribution in [3.63, 3.8) is 0 Å². The zero-order chi connectivity index (χ0) is 12.8. The Hall–Kier alpha value is -0.260. The fourth-order valence-corrected chi connectivity index (χ4v) is 3.08. The van der Waals surface area contributed by atoms with Gasteiger partial charge in [-0.25, -0.2) is 8.78 Å². The van der Waals surface area contributed by atoms with Crippen molar-refractivity contribution in [2.45, 2.75) is 56.6 Å². The largest absolute Gasteiger partial charge is 0.375 e. The fourth-order valence-electron chi connectivity index (χ4n) is 3.08. The summed E-state index contributed by atoms with van der Waals surface area (Å²) >= 11 is 0. The van der Waals surface area contributed by atoms with E-state index in [0.29, 0.717) is 19.2 Å². The Bertz CT molecular complexity index is 245. The lowest BCUT2D eigenvalue weighted by Crippen LogP contribution is -2.46. The van der Waals surface area contributed by atoms with E-state index in [0.717, 1.165) is 19.4 Å². The van der Waals surface area contributed by atoms with Crippen LogP contribution in [-0.4, -0.2) is 44.4 Å². The smallest absolute Gasteiger partial charge is 0.261 e. The Morgan fingerprint density at radius 1 is 1.33 bits per heavy atom. The molecule has 1 spiro atoms. The molecule has 5 heteroatoms. The van der Waals surface area contributed by atoms with E-state index in [-0.39, 0.29) is 5.60 Å². The fraction of sp³-hybridized carbons (Fsp3) is 1.00. The molecule has 2 rings (SSSR count). The average Bonchev–Trinajstić information content (AvgIpc) is 2.76. The number of halogens is 2. The van der Waals surface area contributed by atoms with Crippen molar-refractivity contribution in [3.8, 4) is 0 Å². The molecule has 18 heavy (non-hydrogen) atoms. The lowest BCUT2D eigenvalue weighted by atomic mass is 9.89. The minimum atomic E-state index is -2.37. The molecule has 1 heterocycles. The van der Waals surface area contributed by atoms with Crippen LogP contribution in [0.25, 0.3) is 0 Å². The van der Waals surface area contributed by atoms with Gasteiger partial charge in [-0.3, -0.25) is 0 Å². The number of hydrogen-bond donors (Lipinski definition) is 1. The topological polar surface area (TPSA) is 30.5 Å². The van der Waals surface area contributed by atoms with Gasteiger partial charge in [0, 0.05) is 19.2 Å². The van der Waals surface area contributed by atoms with E-state index in [4.69, 9.17) is 9.47 Å². The molecule has 2 aliphatic rings. The highest BCUT2D eigenvalue weighted by atomic mass is 19.3. The van der Waals surface area contributed by atoms with Gasteiger partial charge in [0.15, 0.2) is 0 Å². The Labute approximate surface area is 107 Å². The van der Waals surface area contributed by atoms with Crippen LogP contribution in [0.15, 0.2) is 0 Å². The Morgan fingerprint density at radius 3 is 2.83 bits per heavy atom. The van der Waals surface area contributed by atoms with Gasteiger partial charge in [-0.15, -0.1) is 0 Å².